The fraction of sp³-hybridized carbons (Fsp3) is 0.500. The maximum absolute atomic E-state index is 11.8. The first-order chi connectivity index (χ1) is 8.63. The number of carbonyl (C=O) groups excluding carboxylic acids is 1. The van der Waals surface area contributed by atoms with Gasteiger partial charge in [0.1, 0.15) is 0 Å². The molecular weight excluding hydrogens is 266 g/mol. The Balaban J connectivity index is 2.33. The SMILES string of the molecule is CCCCCNC(=O)[C@@H](C)Sc1ccc(Cl)cc1. The quantitative estimate of drug-likeness (QED) is 0.603. The van der Waals surface area contributed by atoms with Gasteiger partial charge in [-0.05, 0) is 37.6 Å². The molecule has 100 valence electrons. The number of amides is 1. The van der Waals surface area contributed by atoms with E-state index in [1.54, 1.807) is 11.8 Å². The third kappa shape index (κ3) is 5.78. The number of thioether (sulfide) groups is 1. The van der Waals surface area contributed by atoms with E-state index in [0.717, 1.165) is 22.9 Å². The van der Waals surface area contributed by atoms with Crippen LogP contribution < -0.4 is 5.32 Å². The fourth-order valence-corrected chi connectivity index (χ4v) is 2.52. The summed E-state index contributed by atoms with van der Waals surface area (Å²) in [5, 5.41) is 3.61. The Kier molecular flexibility index (Phi) is 7.21. The normalized spacial score (nSPS) is 12.2. The van der Waals surface area contributed by atoms with Crippen LogP contribution in [-0.4, -0.2) is 17.7 Å². The molecular formula is C14H20ClNOS. The largest absolute Gasteiger partial charge is 0.355 e. The molecule has 0 aliphatic rings. The summed E-state index contributed by atoms with van der Waals surface area (Å²) in [7, 11) is 0. The zero-order chi connectivity index (χ0) is 13.4. The van der Waals surface area contributed by atoms with Crippen molar-refractivity contribution >= 4 is 29.3 Å². The number of nitrogens with one attached hydrogen (secondary N) is 1. The molecule has 0 fully saturated rings. The van der Waals surface area contributed by atoms with E-state index in [0.29, 0.717) is 0 Å². The average molecular weight is 286 g/mol. The van der Waals surface area contributed by atoms with Gasteiger partial charge in [0.15, 0.2) is 0 Å². The van der Waals surface area contributed by atoms with Crippen LogP contribution in [0, 0.1) is 0 Å². The average Bonchev–Trinajstić information content (AvgIpc) is 2.37. The van der Waals surface area contributed by atoms with Gasteiger partial charge in [-0.25, -0.2) is 0 Å². The number of benzene rings is 1. The van der Waals surface area contributed by atoms with Gasteiger partial charge in [-0.3, -0.25) is 4.79 Å². The molecule has 1 rings (SSSR count). The minimum absolute atomic E-state index is 0.0761. The lowest BCUT2D eigenvalue weighted by Gasteiger charge is -2.11. The van der Waals surface area contributed by atoms with Crippen molar-refractivity contribution in [3.05, 3.63) is 29.3 Å². The Morgan fingerprint density at radius 1 is 1.33 bits per heavy atom. The van der Waals surface area contributed by atoms with Crippen LogP contribution in [0.1, 0.15) is 33.1 Å². The molecule has 2 nitrogen and oxygen atoms in total. The van der Waals surface area contributed by atoms with Crippen LogP contribution in [0.3, 0.4) is 0 Å². The van der Waals surface area contributed by atoms with Gasteiger partial charge >= 0.3 is 0 Å². The van der Waals surface area contributed by atoms with Crippen molar-refractivity contribution in [1.29, 1.82) is 0 Å². The fourth-order valence-electron chi connectivity index (χ4n) is 1.50. The Morgan fingerprint density at radius 3 is 2.61 bits per heavy atom. The highest BCUT2D eigenvalue weighted by Gasteiger charge is 2.13. The van der Waals surface area contributed by atoms with E-state index >= 15 is 0 Å². The molecule has 0 heterocycles. The van der Waals surface area contributed by atoms with Gasteiger partial charge in [-0.2, -0.15) is 0 Å². The van der Waals surface area contributed by atoms with E-state index in [1.807, 2.05) is 31.2 Å². The van der Waals surface area contributed by atoms with E-state index in [2.05, 4.69) is 12.2 Å². The standard InChI is InChI=1S/C14H20ClNOS/c1-3-4-5-10-16-14(17)11(2)18-13-8-6-12(15)7-9-13/h6-9,11H,3-5,10H2,1-2H3,(H,16,17)/t11-/m1/s1. The van der Waals surface area contributed by atoms with E-state index in [4.69, 9.17) is 11.6 Å². The highest BCUT2D eigenvalue weighted by Crippen LogP contribution is 2.24. The predicted molar refractivity (Wildman–Crippen MR) is 79.3 cm³/mol. The Morgan fingerprint density at radius 2 is 2.00 bits per heavy atom. The molecule has 0 saturated carbocycles. The molecule has 0 bridgehead atoms. The maximum atomic E-state index is 11.8. The van der Waals surface area contributed by atoms with E-state index < -0.39 is 0 Å². The van der Waals surface area contributed by atoms with Crippen molar-refractivity contribution in [2.24, 2.45) is 0 Å². The second-order valence-corrected chi connectivity index (χ2v) is 6.06. The molecule has 1 N–H and O–H groups in total. The molecule has 4 heteroatoms. The minimum atomic E-state index is -0.0761. The topological polar surface area (TPSA) is 29.1 Å². The van der Waals surface area contributed by atoms with Gasteiger partial charge in [0.2, 0.25) is 5.91 Å². The summed E-state index contributed by atoms with van der Waals surface area (Å²) in [6.07, 6.45) is 3.39. The first-order valence-electron chi connectivity index (χ1n) is 6.33. The summed E-state index contributed by atoms with van der Waals surface area (Å²) < 4.78 is 0. The van der Waals surface area contributed by atoms with Crippen LogP contribution in [0.25, 0.3) is 0 Å². The molecule has 1 atom stereocenters. The van der Waals surface area contributed by atoms with E-state index in [1.165, 1.54) is 12.8 Å². The summed E-state index contributed by atoms with van der Waals surface area (Å²) >= 11 is 7.37. The van der Waals surface area contributed by atoms with Crippen molar-refractivity contribution in [1.82, 2.24) is 5.32 Å². The van der Waals surface area contributed by atoms with Crippen LogP contribution in [0.15, 0.2) is 29.2 Å². The van der Waals surface area contributed by atoms with Crippen LogP contribution >= 0.6 is 23.4 Å². The predicted octanol–water partition coefficient (Wildman–Crippen LogP) is 4.13. The first kappa shape index (κ1) is 15.4. The van der Waals surface area contributed by atoms with Crippen molar-refractivity contribution in [2.75, 3.05) is 6.54 Å². The lowest BCUT2D eigenvalue weighted by Crippen LogP contribution is -2.31. The molecule has 0 aliphatic carbocycles. The minimum Gasteiger partial charge on any atom is -0.355 e. The first-order valence-corrected chi connectivity index (χ1v) is 7.59. The molecule has 0 spiro atoms. The number of unbranched alkanes of at least 4 members (excludes halogenated alkanes) is 2. The molecule has 1 aromatic carbocycles. The summed E-state index contributed by atoms with van der Waals surface area (Å²) in [6, 6.07) is 7.56. The van der Waals surface area contributed by atoms with Gasteiger partial charge < -0.3 is 5.32 Å². The monoisotopic (exact) mass is 285 g/mol. The maximum Gasteiger partial charge on any atom is 0.233 e. The van der Waals surface area contributed by atoms with Crippen LogP contribution in [0.4, 0.5) is 0 Å². The number of halogens is 1. The number of carbonyl (C=O) groups is 1. The smallest absolute Gasteiger partial charge is 0.233 e. The zero-order valence-corrected chi connectivity index (χ0v) is 12.5. The molecule has 1 amide bonds. The molecule has 0 aromatic heterocycles. The van der Waals surface area contributed by atoms with Gasteiger partial charge in [0.05, 0.1) is 5.25 Å². The lowest BCUT2D eigenvalue weighted by atomic mass is 10.2. The number of rotatable bonds is 7. The molecule has 0 saturated heterocycles. The third-order valence-electron chi connectivity index (χ3n) is 2.58. The second-order valence-electron chi connectivity index (χ2n) is 4.21. The van der Waals surface area contributed by atoms with Crippen molar-refractivity contribution in [2.45, 2.75) is 43.3 Å². The van der Waals surface area contributed by atoms with Gasteiger partial charge in [0.25, 0.3) is 0 Å². The Bertz CT molecular complexity index is 367. The van der Waals surface area contributed by atoms with Gasteiger partial charge in [0, 0.05) is 16.5 Å². The van der Waals surface area contributed by atoms with Crippen LogP contribution in [0.2, 0.25) is 5.02 Å². The van der Waals surface area contributed by atoms with Crippen LogP contribution in [-0.2, 0) is 4.79 Å². The molecule has 0 radical (unpaired) electrons. The molecule has 1 aromatic rings. The van der Waals surface area contributed by atoms with Crippen LogP contribution in [0.5, 0.6) is 0 Å². The van der Waals surface area contributed by atoms with E-state index in [9.17, 15) is 4.79 Å². The van der Waals surface area contributed by atoms with E-state index in [-0.39, 0.29) is 11.2 Å². The lowest BCUT2D eigenvalue weighted by molar-refractivity contribution is -0.120. The Labute approximate surface area is 118 Å². The number of hydrogen-bond donors (Lipinski definition) is 1. The second kappa shape index (κ2) is 8.44. The van der Waals surface area contributed by atoms with Crippen molar-refractivity contribution < 1.29 is 4.79 Å². The summed E-state index contributed by atoms with van der Waals surface area (Å²) in [5.41, 5.74) is 0. The molecule has 0 unspecified atom stereocenters. The van der Waals surface area contributed by atoms with Crippen molar-refractivity contribution in [3.63, 3.8) is 0 Å². The highest BCUT2D eigenvalue weighted by molar-refractivity contribution is 8.00. The zero-order valence-electron chi connectivity index (χ0n) is 10.9. The Hall–Kier alpha value is -0.670. The summed E-state index contributed by atoms with van der Waals surface area (Å²) in [4.78, 5) is 12.9. The molecule has 0 aliphatic heterocycles. The molecule has 18 heavy (non-hydrogen) atoms. The summed E-state index contributed by atoms with van der Waals surface area (Å²) in [5.74, 6) is 0.103. The highest BCUT2D eigenvalue weighted by atomic mass is 35.5. The van der Waals surface area contributed by atoms with Gasteiger partial charge in [-0.1, -0.05) is 31.4 Å². The number of hydrogen-bond acceptors (Lipinski definition) is 2. The van der Waals surface area contributed by atoms with Gasteiger partial charge in [-0.15, -0.1) is 11.8 Å². The van der Waals surface area contributed by atoms with Crippen molar-refractivity contribution in [3.8, 4) is 0 Å². The third-order valence-corrected chi connectivity index (χ3v) is 3.94. The summed E-state index contributed by atoms with van der Waals surface area (Å²) in [6.45, 7) is 4.85.